The summed E-state index contributed by atoms with van der Waals surface area (Å²) in [5, 5.41) is 33.6. The number of carbonyl (C=O) groups is 1. The third kappa shape index (κ3) is 3.24. The lowest BCUT2D eigenvalue weighted by atomic mass is 9.74. The van der Waals surface area contributed by atoms with E-state index >= 15 is 0 Å². The number of carbonyl (C=O) groups excluding carboxylic acids is 1. The summed E-state index contributed by atoms with van der Waals surface area (Å²) in [6.45, 7) is 0. The molecule has 1 fully saturated rings. The molecule has 0 aromatic heterocycles. The second-order valence-electron chi connectivity index (χ2n) is 7.04. The predicted octanol–water partition coefficient (Wildman–Crippen LogP) is 2.47. The Morgan fingerprint density at radius 2 is 1.90 bits per heavy atom. The molecule has 9 heteroatoms. The number of primary amides is 1. The first-order valence-corrected chi connectivity index (χ1v) is 9.46. The highest BCUT2D eigenvalue weighted by Crippen LogP contribution is 2.58. The van der Waals surface area contributed by atoms with Crippen molar-refractivity contribution in [3.63, 3.8) is 0 Å². The van der Waals surface area contributed by atoms with Crippen LogP contribution in [0.5, 0.6) is 5.75 Å². The molecule has 0 heterocycles. The Morgan fingerprint density at radius 3 is 2.34 bits per heavy atom. The van der Waals surface area contributed by atoms with Crippen LogP contribution >= 0.6 is 15.9 Å². The minimum absolute atomic E-state index is 0.235. The summed E-state index contributed by atoms with van der Waals surface area (Å²) in [7, 11) is 1.47. The van der Waals surface area contributed by atoms with Gasteiger partial charge in [-0.05, 0) is 35.4 Å². The van der Waals surface area contributed by atoms with Gasteiger partial charge in [-0.25, -0.2) is 0 Å². The van der Waals surface area contributed by atoms with Crippen molar-refractivity contribution >= 4 is 21.8 Å². The molecule has 1 aliphatic rings. The van der Waals surface area contributed by atoms with Crippen LogP contribution in [-0.2, 0) is 10.4 Å². The van der Waals surface area contributed by atoms with Gasteiger partial charge in [-0.1, -0.05) is 40.2 Å². The molecule has 2 aromatic carbocycles. The second-order valence-corrected chi connectivity index (χ2v) is 7.95. The molecule has 3 rings (SSSR count). The summed E-state index contributed by atoms with van der Waals surface area (Å²) < 4.78 is 5.83. The molecular weight excluding hydrogens is 442 g/mol. The molecule has 3 N–H and O–H groups in total. The molecule has 0 aliphatic heterocycles. The summed E-state index contributed by atoms with van der Waals surface area (Å²) in [5.41, 5.74) is 2.13. The number of aliphatic hydroxyl groups is 1. The molecule has 1 amide bonds. The van der Waals surface area contributed by atoms with Crippen LogP contribution in [0.25, 0.3) is 0 Å². The Balaban J connectivity index is 2.26. The van der Waals surface area contributed by atoms with Crippen LogP contribution in [0.2, 0.25) is 0 Å². The molecule has 0 spiro atoms. The summed E-state index contributed by atoms with van der Waals surface area (Å²) in [4.78, 5) is 23.9. The van der Waals surface area contributed by atoms with Crippen LogP contribution in [0.4, 0.5) is 0 Å². The molecular formula is C20H18BrN3O5. The lowest BCUT2D eigenvalue weighted by molar-refractivity contribution is -0.547. The van der Waals surface area contributed by atoms with Crippen LogP contribution in [0, 0.1) is 26.9 Å². The first-order valence-electron chi connectivity index (χ1n) is 8.66. The van der Waals surface area contributed by atoms with E-state index in [1.54, 1.807) is 36.4 Å². The number of nitrogens with zero attached hydrogens (tertiary/aromatic N) is 2. The van der Waals surface area contributed by atoms with Crippen molar-refractivity contribution in [2.24, 2.45) is 11.1 Å². The van der Waals surface area contributed by atoms with Crippen LogP contribution in [0.15, 0.2) is 53.0 Å². The van der Waals surface area contributed by atoms with Crippen molar-refractivity contribution in [3.05, 3.63) is 74.2 Å². The van der Waals surface area contributed by atoms with Crippen molar-refractivity contribution in [1.29, 1.82) is 5.26 Å². The summed E-state index contributed by atoms with van der Waals surface area (Å²) in [6.07, 6.45) is -0.490. The van der Waals surface area contributed by atoms with Gasteiger partial charge in [0.05, 0.1) is 19.1 Å². The van der Waals surface area contributed by atoms with Gasteiger partial charge in [0, 0.05) is 15.8 Å². The number of nitro groups is 1. The molecule has 150 valence electrons. The number of nitrogens with two attached hydrogens (primary N) is 1. The van der Waals surface area contributed by atoms with E-state index < -0.39 is 40.2 Å². The van der Waals surface area contributed by atoms with Crippen LogP contribution in [-0.4, -0.2) is 29.1 Å². The largest absolute Gasteiger partial charge is 0.497 e. The average molecular weight is 460 g/mol. The average Bonchev–Trinajstić information content (AvgIpc) is 2.99. The van der Waals surface area contributed by atoms with E-state index in [-0.39, 0.29) is 5.56 Å². The summed E-state index contributed by atoms with van der Waals surface area (Å²) in [5.74, 6) is -1.76. The lowest BCUT2D eigenvalue weighted by Gasteiger charge is -2.27. The Bertz CT molecular complexity index is 989. The van der Waals surface area contributed by atoms with Crippen LogP contribution in [0.1, 0.15) is 23.5 Å². The zero-order valence-electron chi connectivity index (χ0n) is 15.4. The molecule has 29 heavy (non-hydrogen) atoms. The Kier molecular flexibility index (Phi) is 5.34. The second kappa shape index (κ2) is 7.46. The van der Waals surface area contributed by atoms with Gasteiger partial charge in [-0.2, -0.15) is 5.26 Å². The minimum atomic E-state index is -2.07. The predicted molar refractivity (Wildman–Crippen MR) is 106 cm³/mol. The molecule has 1 aliphatic carbocycles. The molecule has 2 aromatic rings. The zero-order valence-corrected chi connectivity index (χ0v) is 17.0. The van der Waals surface area contributed by atoms with Gasteiger partial charge in [0.1, 0.15) is 5.75 Å². The maximum Gasteiger partial charge on any atom is 0.254 e. The number of amides is 1. The van der Waals surface area contributed by atoms with E-state index in [0.717, 1.165) is 0 Å². The standard InChI is InChI=1S/C20H18BrN3O5/c1-29-15-8-2-12(3-9-15)16-17(24(27)28)20(26,10-19(16,11-22)18(23)25)13-4-6-14(21)7-5-13/h2-9,16-17,26H,10H2,1H3,(H2,23,25)/t16-,17-,19-,20-/m1/s1. The van der Waals surface area contributed by atoms with Gasteiger partial charge in [0.15, 0.2) is 11.0 Å². The maximum atomic E-state index is 12.4. The molecule has 0 unspecified atom stereocenters. The number of hydrogen-bond acceptors (Lipinski definition) is 6. The molecule has 4 atom stereocenters. The smallest absolute Gasteiger partial charge is 0.254 e. The number of nitriles is 1. The normalized spacial score (nSPS) is 28.5. The monoisotopic (exact) mass is 459 g/mol. The summed E-state index contributed by atoms with van der Waals surface area (Å²) in [6, 6.07) is 12.8. The quantitative estimate of drug-likeness (QED) is 0.519. The van der Waals surface area contributed by atoms with E-state index in [0.29, 0.717) is 15.8 Å². The van der Waals surface area contributed by atoms with Crippen LogP contribution < -0.4 is 10.5 Å². The molecule has 0 saturated heterocycles. The topological polar surface area (TPSA) is 139 Å². The van der Waals surface area contributed by atoms with E-state index in [4.69, 9.17) is 10.5 Å². The molecule has 0 bridgehead atoms. The van der Waals surface area contributed by atoms with Gasteiger partial charge in [-0.3, -0.25) is 14.9 Å². The highest BCUT2D eigenvalue weighted by molar-refractivity contribution is 9.10. The number of methoxy groups -OCH3 is 1. The van der Waals surface area contributed by atoms with Crippen molar-refractivity contribution in [2.45, 2.75) is 24.0 Å². The first-order chi connectivity index (χ1) is 13.7. The molecule has 0 radical (unpaired) electrons. The SMILES string of the molecule is COc1ccc([C@@H]2[C@@H]([N+](=O)[O-])[C@](O)(c3ccc(Br)cc3)C[C@]2(C#N)C(N)=O)cc1. The summed E-state index contributed by atoms with van der Waals surface area (Å²) >= 11 is 3.28. The number of hydrogen-bond donors (Lipinski definition) is 2. The number of halogens is 1. The van der Waals surface area contributed by atoms with Crippen molar-refractivity contribution < 1.29 is 19.6 Å². The van der Waals surface area contributed by atoms with Crippen molar-refractivity contribution in [3.8, 4) is 11.8 Å². The fraction of sp³-hybridized carbons (Fsp3) is 0.300. The first kappa shape index (κ1) is 20.8. The highest BCUT2D eigenvalue weighted by atomic mass is 79.9. The number of benzene rings is 2. The van der Waals surface area contributed by atoms with E-state index in [2.05, 4.69) is 15.9 Å². The fourth-order valence-electron chi connectivity index (χ4n) is 4.17. The number of ether oxygens (including phenoxy) is 1. The lowest BCUT2D eigenvalue weighted by Crippen LogP contribution is -2.43. The third-order valence-corrected chi connectivity index (χ3v) is 6.10. The van der Waals surface area contributed by atoms with Gasteiger partial charge in [0.2, 0.25) is 5.91 Å². The van der Waals surface area contributed by atoms with E-state index in [9.17, 15) is 25.3 Å². The van der Waals surface area contributed by atoms with Crippen molar-refractivity contribution in [1.82, 2.24) is 0 Å². The van der Waals surface area contributed by atoms with Crippen molar-refractivity contribution in [2.75, 3.05) is 7.11 Å². The van der Waals surface area contributed by atoms with Gasteiger partial charge in [0.25, 0.3) is 6.04 Å². The Hall–Kier alpha value is -2.96. The van der Waals surface area contributed by atoms with E-state index in [1.807, 2.05) is 6.07 Å². The molecule has 1 saturated carbocycles. The fourth-order valence-corrected chi connectivity index (χ4v) is 4.44. The van der Waals surface area contributed by atoms with E-state index in [1.165, 1.54) is 19.2 Å². The van der Waals surface area contributed by atoms with Gasteiger partial charge >= 0.3 is 0 Å². The Morgan fingerprint density at radius 1 is 1.31 bits per heavy atom. The Labute approximate surface area is 175 Å². The zero-order chi connectivity index (χ0) is 21.4. The molecule has 8 nitrogen and oxygen atoms in total. The maximum absolute atomic E-state index is 12.4. The van der Waals surface area contributed by atoms with Gasteiger partial charge < -0.3 is 15.6 Å². The third-order valence-electron chi connectivity index (χ3n) is 5.57. The minimum Gasteiger partial charge on any atom is -0.497 e. The van der Waals surface area contributed by atoms with Crippen LogP contribution in [0.3, 0.4) is 0 Å². The highest BCUT2D eigenvalue weighted by Gasteiger charge is 2.70. The number of rotatable bonds is 5. The van der Waals surface area contributed by atoms with Gasteiger partial charge in [-0.15, -0.1) is 0 Å².